The number of aromatic nitrogens is 2. The van der Waals surface area contributed by atoms with Crippen molar-refractivity contribution in [1.82, 2.24) is 9.55 Å². The van der Waals surface area contributed by atoms with Gasteiger partial charge >= 0.3 is 0 Å². The predicted molar refractivity (Wildman–Crippen MR) is 69.9 cm³/mol. The molecule has 1 aromatic carbocycles. The van der Waals surface area contributed by atoms with Crippen LogP contribution in [0.2, 0.25) is 0 Å². The summed E-state index contributed by atoms with van der Waals surface area (Å²) in [5.74, 6) is -1.64. The molecule has 0 aliphatic rings. The molecular weight excluding hydrogens is 310 g/mol. The molecule has 3 aromatic rings. The fourth-order valence-corrected chi connectivity index (χ4v) is 2.06. The number of carbonyl (C=O) groups excluding carboxylic acids is 1. The quantitative estimate of drug-likeness (QED) is 0.583. The van der Waals surface area contributed by atoms with Crippen molar-refractivity contribution < 1.29 is 35.3 Å². The van der Waals surface area contributed by atoms with Crippen LogP contribution in [0.3, 0.4) is 0 Å². The van der Waals surface area contributed by atoms with Crippen LogP contribution in [0.1, 0.15) is 16.2 Å². The molecule has 21 heavy (non-hydrogen) atoms. The number of carbonyl (C=O) groups is 1. The van der Waals surface area contributed by atoms with E-state index in [1.165, 1.54) is 10.6 Å². The number of nitrogens with one attached hydrogen (secondary N) is 1. The van der Waals surface area contributed by atoms with E-state index in [1.54, 1.807) is 36.7 Å². The van der Waals surface area contributed by atoms with Crippen molar-refractivity contribution in [3.8, 4) is 5.69 Å². The molecule has 0 aliphatic heterocycles. The van der Waals surface area contributed by atoms with Crippen molar-refractivity contribution in [2.75, 3.05) is 0 Å². The minimum Gasteiger partial charge on any atom is -0.358 e. The number of halogens is 2. The molecule has 0 unspecified atom stereocenters. The van der Waals surface area contributed by atoms with Gasteiger partial charge in [-0.05, 0) is 36.4 Å². The van der Waals surface area contributed by atoms with Gasteiger partial charge in [0, 0.05) is 40.2 Å². The van der Waals surface area contributed by atoms with Crippen LogP contribution in [0.5, 0.6) is 0 Å². The maximum Gasteiger partial charge on any atom is 0.225 e. The summed E-state index contributed by atoms with van der Waals surface area (Å²) in [5, 5.41) is 0. The third-order valence-electron chi connectivity index (χ3n) is 2.99. The van der Waals surface area contributed by atoms with Gasteiger partial charge in [0.25, 0.3) is 0 Å². The zero-order valence-electron chi connectivity index (χ0n) is 10.8. The Balaban J connectivity index is 0.00000161. The van der Waals surface area contributed by atoms with Crippen molar-refractivity contribution in [2.45, 2.75) is 0 Å². The summed E-state index contributed by atoms with van der Waals surface area (Å²) in [6.45, 7) is 0. The third-order valence-corrected chi connectivity index (χ3v) is 2.99. The molecule has 0 radical (unpaired) electrons. The van der Waals surface area contributed by atoms with E-state index in [1.807, 2.05) is 0 Å². The van der Waals surface area contributed by atoms with Crippen molar-refractivity contribution in [3.05, 3.63) is 77.9 Å². The first-order chi connectivity index (χ1) is 9.66. The topological polar surface area (TPSA) is 37.8 Å². The van der Waals surface area contributed by atoms with Crippen LogP contribution in [0.15, 0.2) is 54.9 Å². The summed E-state index contributed by atoms with van der Waals surface area (Å²) in [6.07, 6.45) is 3.20. The predicted octanol–water partition coefficient (Wildman–Crippen LogP) is 3.31. The molecule has 0 atom stereocenters. The molecule has 0 saturated heterocycles. The molecule has 0 saturated carbocycles. The zero-order chi connectivity index (χ0) is 14.1. The molecule has 6 heteroatoms. The number of nitrogens with zero attached hydrogens (tertiary/aromatic N) is 1. The van der Waals surface area contributed by atoms with Gasteiger partial charge < -0.3 is 9.55 Å². The first kappa shape index (κ1) is 15.4. The summed E-state index contributed by atoms with van der Waals surface area (Å²) in [5.41, 5.74) is 0.844. The number of ketones is 1. The number of H-pyrrole nitrogens is 1. The summed E-state index contributed by atoms with van der Waals surface area (Å²) < 4.78 is 28.2. The van der Waals surface area contributed by atoms with E-state index >= 15 is 0 Å². The molecule has 0 amide bonds. The number of hydrogen-bond donors (Lipinski definition) is 1. The molecule has 0 fully saturated rings. The van der Waals surface area contributed by atoms with Crippen LogP contribution in [0, 0.1) is 11.6 Å². The number of benzene rings is 1. The molecule has 104 valence electrons. The smallest absolute Gasteiger partial charge is 0.225 e. The van der Waals surface area contributed by atoms with Crippen LogP contribution in [0.25, 0.3) is 5.69 Å². The van der Waals surface area contributed by atoms with Gasteiger partial charge in [0.2, 0.25) is 5.78 Å². The van der Waals surface area contributed by atoms with E-state index in [0.717, 1.165) is 12.1 Å². The molecule has 0 aliphatic carbocycles. The Morgan fingerprint density at radius 3 is 2.57 bits per heavy atom. The van der Waals surface area contributed by atoms with Crippen LogP contribution >= 0.6 is 0 Å². The Morgan fingerprint density at radius 2 is 1.90 bits per heavy atom. The number of rotatable bonds is 3. The number of hydrogen-bond acceptors (Lipinski definition) is 1. The summed E-state index contributed by atoms with van der Waals surface area (Å²) in [7, 11) is 0. The molecule has 0 bridgehead atoms. The molecular formula is C15H10F2N2OTi. The Kier molecular flexibility index (Phi) is 4.55. The largest absolute Gasteiger partial charge is 0.358 e. The molecule has 0 spiro atoms. The minimum absolute atomic E-state index is 0. The van der Waals surface area contributed by atoms with Crippen molar-refractivity contribution in [1.29, 1.82) is 0 Å². The van der Waals surface area contributed by atoms with Crippen LogP contribution in [0.4, 0.5) is 8.78 Å². The van der Waals surface area contributed by atoms with Gasteiger partial charge in [-0.25, -0.2) is 8.78 Å². The second-order valence-corrected chi connectivity index (χ2v) is 4.27. The standard InChI is InChI=1S/C15H10F2N2O.Ti/c16-10-5-6-13(11(17)9-10)19-8-2-4-14(19)15(20)12-3-1-7-18-12;/h1-9,18H;. The van der Waals surface area contributed by atoms with E-state index in [9.17, 15) is 13.6 Å². The van der Waals surface area contributed by atoms with E-state index in [-0.39, 0.29) is 33.2 Å². The normalized spacial score (nSPS) is 10.2. The fraction of sp³-hybridized carbons (Fsp3) is 0. The molecule has 3 nitrogen and oxygen atoms in total. The first-order valence-corrected chi connectivity index (χ1v) is 5.97. The van der Waals surface area contributed by atoms with Gasteiger partial charge in [-0.1, -0.05) is 0 Å². The van der Waals surface area contributed by atoms with Crippen LogP contribution in [-0.2, 0) is 21.7 Å². The SMILES string of the molecule is O=C(c1ccc[nH]1)c1cccn1-c1ccc(F)cc1F.[Ti]. The van der Waals surface area contributed by atoms with Gasteiger partial charge in [0.1, 0.15) is 11.6 Å². The Hall–Kier alpha value is -1.98. The Morgan fingerprint density at radius 1 is 1.10 bits per heavy atom. The van der Waals surface area contributed by atoms with Gasteiger partial charge in [-0.15, -0.1) is 0 Å². The second-order valence-electron chi connectivity index (χ2n) is 4.27. The van der Waals surface area contributed by atoms with Crippen molar-refractivity contribution in [3.63, 3.8) is 0 Å². The average molecular weight is 320 g/mol. The summed E-state index contributed by atoms with van der Waals surface area (Å²) in [4.78, 5) is 15.1. The van der Waals surface area contributed by atoms with E-state index < -0.39 is 11.6 Å². The van der Waals surface area contributed by atoms with E-state index in [0.29, 0.717) is 11.4 Å². The summed E-state index contributed by atoms with van der Waals surface area (Å²) >= 11 is 0. The van der Waals surface area contributed by atoms with Crippen LogP contribution in [-0.4, -0.2) is 15.3 Å². The third kappa shape index (κ3) is 2.89. The fourth-order valence-electron chi connectivity index (χ4n) is 2.06. The Labute approximate surface area is 134 Å². The first-order valence-electron chi connectivity index (χ1n) is 5.97. The Bertz CT molecular complexity index is 766. The zero-order valence-corrected chi connectivity index (χ0v) is 12.4. The van der Waals surface area contributed by atoms with Gasteiger partial charge in [-0.2, -0.15) is 0 Å². The maximum atomic E-state index is 13.8. The maximum absolute atomic E-state index is 13.8. The molecule has 2 aromatic heterocycles. The van der Waals surface area contributed by atoms with Crippen molar-refractivity contribution >= 4 is 5.78 Å². The van der Waals surface area contributed by atoms with Gasteiger partial charge in [-0.3, -0.25) is 4.79 Å². The van der Waals surface area contributed by atoms with Gasteiger partial charge in [0.05, 0.1) is 17.1 Å². The average Bonchev–Trinajstić information content (AvgIpc) is 3.09. The molecule has 3 rings (SSSR count). The molecule has 1 N–H and O–H groups in total. The van der Waals surface area contributed by atoms with Crippen molar-refractivity contribution in [2.24, 2.45) is 0 Å². The van der Waals surface area contributed by atoms with E-state index in [4.69, 9.17) is 0 Å². The van der Waals surface area contributed by atoms with E-state index in [2.05, 4.69) is 4.98 Å². The monoisotopic (exact) mass is 320 g/mol. The minimum atomic E-state index is -0.721. The molecule has 2 heterocycles. The summed E-state index contributed by atoms with van der Waals surface area (Å²) in [6, 6.07) is 9.82. The number of aromatic amines is 1. The second kappa shape index (κ2) is 6.20. The van der Waals surface area contributed by atoms with Gasteiger partial charge in [0.15, 0.2) is 0 Å². The van der Waals surface area contributed by atoms with Crippen LogP contribution < -0.4 is 0 Å².